The molecule has 1 unspecified atom stereocenters. The number of ether oxygens (including phenoxy) is 1. The van der Waals surface area contributed by atoms with Crippen molar-refractivity contribution < 1.29 is 14.6 Å². The van der Waals surface area contributed by atoms with Crippen LogP contribution >= 0.6 is 0 Å². The van der Waals surface area contributed by atoms with Crippen LogP contribution < -0.4 is 4.74 Å². The van der Waals surface area contributed by atoms with Crippen molar-refractivity contribution in [2.45, 2.75) is 19.3 Å². The highest BCUT2D eigenvalue weighted by Gasteiger charge is 2.21. The van der Waals surface area contributed by atoms with E-state index in [9.17, 15) is 9.90 Å². The van der Waals surface area contributed by atoms with Crippen molar-refractivity contribution in [3.63, 3.8) is 0 Å². The van der Waals surface area contributed by atoms with E-state index in [1.54, 1.807) is 7.11 Å². The molecule has 0 spiro atoms. The summed E-state index contributed by atoms with van der Waals surface area (Å²) in [4.78, 5) is 11.6. The van der Waals surface area contributed by atoms with Crippen molar-refractivity contribution in [2.75, 3.05) is 7.11 Å². The third-order valence-electron chi connectivity index (χ3n) is 4.40. The Morgan fingerprint density at radius 1 is 1.08 bits per heavy atom. The van der Waals surface area contributed by atoms with Gasteiger partial charge in [0.1, 0.15) is 5.75 Å². The zero-order valence-corrected chi connectivity index (χ0v) is 13.8. The number of methoxy groups -OCH3 is 1. The molecule has 3 nitrogen and oxygen atoms in total. The first-order valence-corrected chi connectivity index (χ1v) is 8.04. The maximum atomic E-state index is 11.6. The second kappa shape index (κ2) is 6.75. The van der Waals surface area contributed by atoms with Crippen LogP contribution in [0.2, 0.25) is 0 Å². The Morgan fingerprint density at radius 3 is 2.50 bits per heavy atom. The third kappa shape index (κ3) is 2.85. The number of aliphatic carboxylic acids is 1. The summed E-state index contributed by atoms with van der Waals surface area (Å²) in [5.74, 6) is -0.516. The average molecular weight is 320 g/mol. The summed E-state index contributed by atoms with van der Waals surface area (Å²) < 4.78 is 5.55. The monoisotopic (exact) mass is 320 g/mol. The lowest BCUT2D eigenvalue weighted by Crippen LogP contribution is -2.11. The van der Waals surface area contributed by atoms with Gasteiger partial charge in [0.25, 0.3) is 0 Å². The van der Waals surface area contributed by atoms with Crippen LogP contribution in [-0.2, 0) is 4.79 Å². The molecule has 0 saturated heterocycles. The zero-order valence-electron chi connectivity index (χ0n) is 13.8. The van der Waals surface area contributed by atoms with Gasteiger partial charge in [-0.2, -0.15) is 0 Å². The van der Waals surface area contributed by atoms with Crippen LogP contribution in [0.3, 0.4) is 0 Å². The predicted molar refractivity (Wildman–Crippen MR) is 96.6 cm³/mol. The van der Waals surface area contributed by atoms with Gasteiger partial charge in [0.05, 0.1) is 13.0 Å². The van der Waals surface area contributed by atoms with Gasteiger partial charge in [-0.3, -0.25) is 4.79 Å². The summed E-state index contributed by atoms with van der Waals surface area (Å²) >= 11 is 0. The SMILES string of the molecule is CCC(C(=O)O)c1ccccc1-c1cc(OC)c2ccccc2c1. The van der Waals surface area contributed by atoms with Gasteiger partial charge in [-0.1, -0.05) is 55.5 Å². The number of carbonyl (C=O) groups is 1. The van der Waals surface area contributed by atoms with Crippen molar-refractivity contribution in [2.24, 2.45) is 0 Å². The summed E-state index contributed by atoms with van der Waals surface area (Å²) in [6, 6.07) is 19.8. The third-order valence-corrected chi connectivity index (χ3v) is 4.40. The zero-order chi connectivity index (χ0) is 17.1. The highest BCUT2D eigenvalue weighted by atomic mass is 16.5. The van der Waals surface area contributed by atoms with Gasteiger partial charge < -0.3 is 9.84 Å². The predicted octanol–water partition coefficient (Wildman–Crippen LogP) is 5.09. The number of carboxylic acids is 1. The fourth-order valence-electron chi connectivity index (χ4n) is 3.19. The molecule has 0 amide bonds. The molecule has 0 aliphatic rings. The summed E-state index contributed by atoms with van der Waals surface area (Å²) in [6.07, 6.45) is 0.553. The van der Waals surface area contributed by atoms with Crippen LogP contribution in [0, 0.1) is 0 Å². The van der Waals surface area contributed by atoms with E-state index >= 15 is 0 Å². The van der Waals surface area contributed by atoms with Gasteiger partial charge in [-0.25, -0.2) is 0 Å². The van der Waals surface area contributed by atoms with E-state index in [4.69, 9.17) is 4.74 Å². The smallest absolute Gasteiger partial charge is 0.310 e. The first-order valence-electron chi connectivity index (χ1n) is 8.04. The summed E-state index contributed by atoms with van der Waals surface area (Å²) in [5, 5.41) is 11.7. The molecule has 0 heterocycles. The van der Waals surface area contributed by atoms with Crippen molar-refractivity contribution in [3.05, 3.63) is 66.2 Å². The average Bonchev–Trinajstić information content (AvgIpc) is 2.61. The number of hydrogen-bond donors (Lipinski definition) is 1. The molecule has 3 rings (SSSR count). The largest absolute Gasteiger partial charge is 0.496 e. The molecule has 122 valence electrons. The highest BCUT2D eigenvalue weighted by molar-refractivity contribution is 5.93. The number of rotatable bonds is 5. The van der Waals surface area contributed by atoms with Crippen molar-refractivity contribution in [3.8, 4) is 16.9 Å². The molecular weight excluding hydrogens is 300 g/mol. The molecule has 0 saturated carbocycles. The molecule has 3 heteroatoms. The number of hydrogen-bond acceptors (Lipinski definition) is 2. The number of benzene rings is 3. The number of fused-ring (bicyclic) bond motifs is 1. The Bertz CT molecular complexity index is 883. The molecule has 3 aromatic rings. The summed E-state index contributed by atoms with van der Waals surface area (Å²) in [5.41, 5.74) is 2.75. The number of carboxylic acid groups (broad SMARTS) is 1. The quantitative estimate of drug-likeness (QED) is 0.712. The second-order valence-corrected chi connectivity index (χ2v) is 5.79. The summed E-state index contributed by atoms with van der Waals surface area (Å²) in [6.45, 7) is 1.90. The lowest BCUT2D eigenvalue weighted by atomic mass is 9.88. The topological polar surface area (TPSA) is 46.5 Å². The van der Waals surface area contributed by atoms with E-state index < -0.39 is 11.9 Å². The molecule has 3 aromatic carbocycles. The van der Waals surface area contributed by atoms with Crippen LogP contribution in [-0.4, -0.2) is 18.2 Å². The second-order valence-electron chi connectivity index (χ2n) is 5.79. The Hall–Kier alpha value is -2.81. The molecule has 24 heavy (non-hydrogen) atoms. The molecule has 0 aliphatic heterocycles. The molecule has 0 aromatic heterocycles. The minimum absolute atomic E-state index is 0.515. The van der Waals surface area contributed by atoms with E-state index in [0.29, 0.717) is 6.42 Å². The van der Waals surface area contributed by atoms with Crippen LogP contribution in [0.15, 0.2) is 60.7 Å². The van der Waals surface area contributed by atoms with Crippen molar-refractivity contribution in [1.82, 2.24) is 0 Å². The maximum Gasteiger partial charge on any atom is 0.310 e. The van der Waals surface area contributed by atoms with Crippen molar-refractivity contribution >= 4 is 16.7 Å². The maximum absolute atomic E-state index is 11.6. The summed E-state index contributed by atoms with van der Waals surface area (Å²) in [7, 11) is 1.66. The Balaban J connectivity index is 2.23. The highest BCUT2D eigenvalue weighted by Crippen LogP contribution is 2.36. The molecular formula is C21H20O3. The van der Waals surface area contributed by atoms with Gasteiger partial charge in [0.15, 0.2) is 0 Å². The van der Waals surface area contributed by atoms with E-state index in [1.165, 1.54) is 0 Å². The lowest BCUT2D eigenvalue weighted by Gasteiger charge is -2.17. The van der Waals surface area contributed by atoms with Gasteiger partial charge in [-0.15, -0.1) is 0 Å². The first kappa shape index (κ1) is 16.1. The normalized spacial score (nSPS) is 12.1. The lowest BCUT2D eigenvalue weighted by molar-refractivity contribution is -0.138. The molecule has 0 bridgehead atoms. The van der Waals surface area contributed by atoms with E-state index in [2.05, 4.69) is 6.07 Å². The van der Waals surface area contributed by atoms with Crippen LogP contribution in [0.25, 0.3) is 21.9 Å². The van der Waals surface area contributed by atoms with Crippen LogP contribution in [0.4, 0.5) is 0 Å². The molecule has 1 atom stereocenters. The fraction of sp³-hybridized carbons (Fsp3) is 0.190. The van der Waals surface area contributed by atoms with E-state index in [-0.39, 0.29) is 0 Å². The van der Waals surface area contributed by atoms with Gasteiger partial charge >= 0.3 is 5.97 Å². The molecule has 0 radical (unpaired) electrons. The minimum Gasteiger partial charge on any atom is -0.496 e. The molecule has 0 aliphatic carbocycles. The Morgan fingerprint density at radius 2 is 1.79 bits per heavy atom. The fourth-order valence-corrected chi connectivity index (χ4v) is 3.19. The molecule has 0 fully saturated rings. The van der Waals surface area contributed by atoms with E-state index in [0.717, 1.165) is 33.2 Å². The van der Waals surface area contributed by atoms with E-state index in [1.807, 2.05) is 61.5 Å². The molecule has 1 N–H and O–H groups in total. The Kier molecular flexibility index (Phi) is 4.52. The first-order chi connectivity index (χ1) is 11.7. The minimum atomic E-state index is -0.794. The van der Waals surface area contributed by atoms with Gasteiger partial charge in [0.2, 0.25) is 0 Å². The standard InChI is InChI=1S/C21H20O3/c1-3-16(21(22)23)19-11-7-6-9-17(19)15-12-14-8-4-5-10-18(14)20(13-15)24-2/h4-13,16H,3H2,1-2H3,(H,22,23). The van der Waals surface area contributed by atoms with Gasteiger partial charge in [0, 0.05) is 5.39 Å². The van der Waals surface area contributed by atoms with Gasteiger partial charge in [-0.05, 0) is 40.6 Å². The van der Waals surface area contributed by atoms with Crippen molar-refractivity contribution in [1.29, 1.82) is 0 Å². The Labute approximate surface area is 141 Å². The van der Waals surface area contributed by atoms with Crippen LogP contribution in [0.5, 0.6) is 5.75 Å². The van der Waals surface area contributed by atoms with Crippen LogP contribution in [0.1, 0.15) is 24.8 Å².